The van der Waals surface area contributed by atoms with Crippen LogP contribution in [0, 0.1) is 5.82 Å². The standard InChI is InChI=1S/C12H17FN2OS.ClH/c1-9(8-14)15-12(16)6-7-17-11-4-2-10(13)3-5-11;/h2-5,9H,6-8,14H2,1H3,(H,15,16);1H/t9-;/m0./s1. The highest BCUT2D eigenvalue weighted by molar-refractivity contribution is 7.99. The molecule has 0 aliphatic heterocycles. The number of thioether (sulfide) groups is 1. The number of rotatable bonds is 6. The van der Waals surface area contributed by atoms with Crippen LogP contribution in [-0.2, 0) is 4.79 Å². The molecule has 1 rings (SSSR count). The van der Waals surface area contributed by atoms with E-state index in [1.807, 2.05) is 6.92 Å². The smallest absolute Gasteiger partial charge is 0.221 e. The summed E-state index contributed by atoms with van der Waals surface area (Å²) in [4.78, 5) is 12.4. The maximum Gasteiger partial charge on any atom is 0.221 e. The Kier molecular flexibility index (Phi) is 8.79. The lowest BCUT2D eigenvalue weighted by atomic mass is 10.3. The van der Waals surface area contributed by atoms with Crippen molar-refractivity contribution in [1.82, 2.24) is 5.32 Å². The van der Waals surface area contributed by atoms with Gasteiger partial charge < -0.3 is 11.1 Å². The van der Waals surface area contributed by atoms with Crippen LogP contribution in [0.25, 0.3) is 0 Å². The third-order valence-electron chi connectivity index (χ3n) is 2.17. The summed E-state index contributed by atoms with van der Waals surface area (Å²) in [5.41, 5.74) is 5.40. The van der Waals surface area contributed by atoms with E-state index in [1.165, 1.54) is 23.9 Å². The van der Waals surface area contributed by atoms with Crippen molar-refractivity contribution in [2.45, 2.75) is 24.3 Å². The molecule has 0 saturated heterocycles. The number of nitrogens with one attached hydrogen (secondary N) is 1. The SMILES string of the molecule is C[C@@H](CN)NC(=O)CCSc1ccc(F)cc1.Cl. The normalized spacial score (nSPS) is 11.5. The largest absolute Gasteiger partial charge is 0.352 e. The molecule has 0 aromatic heterocycles. The van der Waals surface area contributed by atoms with Gasteiger partial charge in [-0.15, -0.1) is 24.2 Å². The molecular formula is C12H18ClFN2OS. The predicted molar refractivity (Wildman–Crippen MR) is 75.6 cm³/mol. The lowest BCUT2D eigenvalue weighted by Crippen LogP contribution is -2.37. The Morgan fingerprint density at radius 3 is 2.61 bits per heavy atom. The second-order valence-electron chi connectivity index (χ2n) is 3.76. The zero-order valence-corrected chi connectivity index (χ0v) is 11.8. The monoisotopic (exact) mass is 292 g/mol. The van der Waals surface area contributed by atoms with Gasteiger partial charge in [-0.3, -0.25) is 4.79 Å². The second-order valence-corrected chi connectivity index (χ2v) is 4.92. The highest BCUT2D eigenvalue weighted by Crippen LogP contribution is 2.18. The van der Waals surface area contributed by atoms with Gasteiger partial charge in [-0.25, -0.2) is 4.39 Å². The Balaban J connectivity index is 0.00000289. The molecule has 0 saturated carbocycles. The summed E-state index contributed by atoms with van der Waals surface area (Å²) >= 11 is 1.53. The van der Waals surface area contributed by atoms with Gasteiger partial charge in [0, 0.05) is 29.7 Å². The number of nitrogens with two attached hydrogens (primary N) is 1. The van der Waals surface area contributed by atoms with Crippen LogP contribution in [-0.4, -0.2) is 24.2 Å². The quantitative estimate of drug-likeness (QED) is 0.790. The molecule has 18 heavy (non-hydrogen) atoms. The maximum atomic E-state index is 12.6. The molecule has 0 unspecified atom stereocenters. The van der Waals surface area contributed by atoms with Crippen LogP contribution < -0.4 is 11.1 Å². The zero-order valence-electron chi connectivity index (χ0n) is 10.2. The van der Waals surface area contributed by atoms with E-state index < -0.39 is 0 Å². The average molecular weight is 293 g/mol. The summed E-state index contributed by atoms with van der Waals surface area (Å²) in [6.45, 7) is 2.31. The van der Waals surface area contributed by atoms with Crippen molar-refractivity contribution < 1.29 is 9.18 Å². The highest BCUT2D eigenvalue weighted by atomic mass is 35.5. The van der Waals surface area contributed by atoms with Crippen LogP contribution >= 0.6 is 24.2 Å². The molecule has 0 radical (unpaired) electrons. The Morgan fingerprint density at radius 1 is 1.44 bits per heavy atom. The molecule has 6 heteroatoms. The van der Waals surface area contributed by atoms with Crippen LogP contribution in [0.2, 0.25) is 0 Å². The maximum absolute atomic E-state index is 12.6. The fraction of sp³-hybridized carbons (Fsp3) is 0.417. The van der Waals surface area contributed by atoms with Gasteiger partial charge in [0.2, 0.25) is 5.91 Å². The van der Waals surface area contributed by atoms with E-state index in [2.05, 4.69) is 5.32 Å². The number of halogens is 2. The van der Waals surface area contributed by atoms with Crippen molar-refractivity contribution in [2.75, 3.05) is 12.3 Å². The van der Waals surface area contributed by atoms with Crippen molar-refractivity contribution in [3.8, 4) is 0 Å². The van der Waals surface area contributed by atoms with E-state index in [0.717, 1.165) is 4.90 Å². The lowest BCUT2D eigenvalue weighted by Gasteiger charge is -2.10. The third kappa shape index (κ3) is 6.83. The van der Waals surface area contributed by atoms with E-state index in [9.17, 15) is 9.18 Å². The first kappa shape index (κ1) is 17.2. The molecule has 3 N–H and O–H groups in total. The number of hydrogen-bond acceptors (Lipinski definition) is 3. The van der Waals surface area contributed by atoms with Gasteiger partial charge in [-0.2, -0.15) is 0 Å². The van der Waals surface area contributed by atoms with Gasteiger partial charge in [0.15, 0.2) is 0 Å². The number of benzene rings is 1. The summed E-state index contributed by atoms with van der Waals surface area (Å²) in [5, 5.41) is 2.79. The van der Waals surface area contributed by atoms with Crippen molar-refractivity contribution in [1.29, 1.82) is 0 Å². The van der Waals surface area contributed by atoms with Gasteiger partial charge in [0.25, 0.3) is 0 Å². The number of carbonyl (C=O) groups is 1. The van der Waals surface area contributed by atoms with E-state index >= 15 is 0 Å². The molecular weight excluding hydrogens is 275 g/mol. The van der Waals surface area contributed by atoms with Crippen LogP contribution in [0.3, 0.4) is 0 Å². The third-order valence-corrected chi connectivity index (χ3v) is 3.19. The molecule has 0 aliphatic rings. The Labute approximate surface area is 117 Å². The van der Waals surface area contributed by atoms with E-state index in [4.69, 9.17) is 5.73 Å². The molecule has 0 heterocycles. The van der Waals surface area contributed by atoms with Crippen LogP contribution in [0.15, 0.2) is 29.2 Å². The fourth-order valence-corrected chi connectivity index (χ4v) is 2.05. The van der Waals surface area contributed by atoms with Gasteiger partial charge in [-0.1, -0.05) is 0 Å². The van der Waals surface area contributed by atoms with Gasteiger partial charge >= 0.3 is 0 Å². The molecule has 0 aliphatic carbocycles. The van der Waals surface area contributed by atoms with E-state index in [0.29, 0.717) is 18.7 Å². The first-order valence-electron chi connectivity index (χ1n) is 5.49. The first-order chi connectivity index (χ1) is 8.11. The summed E-state index contributed by atoms with van der Waals surface area (Å²) < 4.78 is 12.6. The average Bonchev–Trinajstić information content (AvgIpc) is 2.31. The predicted octanol–water partition coefficient (Wildman–Crippen LogP) is 2.19. The van der Waals surface area contributed by atoms with Crippen LogP contribution in [0.5, 0.6) is 0 Å². The topological polar surface area (TPSA) is 55.1 Å². The summed E-state index contributed by atoms with van der Waals surface area (Å²) in [5.74, 6) is 0.427. The summed E-state index contributed by atoms with van der Waals surface area (Å²) in [6, 6.07) is 6.26. The van der Waals surface area contributed by atoms with Crippen LogP contribution in [0.4, 0.5) is 4.39 Å². The number of amides is 1. The minimum atomic E-state index is -0.246. The highest BCUT2D eigenvalue weighted by Gasteiger charge is 2.05. The van der Waals surface area contributed by atoms with Crippen molar-refractivity contribution in [3.05, 3.63) is 30.1 Å². The van der Waals surface area contributed by atoms with Gasteiger partial charge in [-0.05, 0) is 31.2 Å². The molecule has 102 valence electrons. The molecule has 3 nitrogen and oxygen atoms in total. The van der Waals surface area contributed by atoms with E-state index in [-0.39, 0.29) is 30.2 Å². The van der Waals surface area contributed by atoms with Gasteiger partial charge in [0.1, 0.15) is 5.82 Å². The molecule has 0 fully saturated rings. The molecule has 1 atom stereocenters. The molecule has 1 amide bonds. The lowest BCUT2D eigenvalue weighted by molar-refractivity contribution is -0.121. The fourth-order valence-electron chi connectivity index (χ4n) is 1.20. The zero-order chi connectivity index (χ0) is 12.7. The minimum Gasteiger partial charge on any atom is -0.352 e. The Morgan fingerprint density at radius 2 is 2.06 bits per heavy atom. The molecule has 0 spiro atoms. The first-order valence-corrected chi connectivity index (χ1v) is 6.48. The number of carbonyl (C=O) groups excluding carboxylic acids is 1. The van der Waals surface area contributed by atoms with Crippen molar-refractivity contribution in [2.24, 2.45) is 5.73 Å². The molecule has 1 aromatic carbocycles. The second kappa shape index (κ2) is 9.19. The van der Waals surface area contributed by atoms with Crippen LogP contribution in [0.1, 0.15) is 13.3 Å². The van der Waals surface area contributed by atoms with Crippen molar-refractivity contribution in [3.63, 3.8) is 0 Å². The molecule has 0 bridgehead atoms. The summed E-state index contributed by atoms with van der Waals surface area (Å²) in [6.07, 6.45) is 0.437. The van der Waals surface area contributed by atoms with Crippen molar-refractivity contribution >= 4 is 30.1 Å². The molecule has 1 aromatic rings. The summed E-state index contributed by atoms with van der Waals surface area (Å²) in [7, 11) is 0. The minimum absolute atomic E-state index is 0. The Hall–Kier alpha value is -0.780. The van der Waals surface area contributed by atoms with E-state index in [1.54, 1.807) is 12.1 Å². The Bertz CT molecular complexity index is 362. The van der Waals surface area contributed by atoms with Gasteiger partial charge in [0.05, 0.1) is 0 Å². The number of hydrogen-bond donors (Lipinski definition) is 2.